The minimum Gasteiger partial charge on any atom is -0.367 e. The van der Waals surface area contributed by atoms with Crippen LogP contribution in [0.15, 0.2) is 6.07 Å². The normalized spacial score (nSPS) is 17.2. The molecule has 0 aliphatic heterocycles. The first-order valence-electron chi connectivity index (χ1n) is 5.91. The third kappa shape index (κ3) is 3.63. The quantitative estimate of drug-likeness (QED) is 0.800. The zero-order chi connectivity index (χ0) is 11.5. The molecule has 0 radical (unpaired) electrons. The Bertz CT molecular complexity index is 343. The minimum atomic E-state index is 0.450. The Morgan fingerprint density at radius 2 is 2.25 bits per heavy atom. The molecule has 0 saturated heterocycles. The summed E-state index contributed by atoms with van der Waals surface area (Å²) in [4.78, 5) is 8.35. The predicted molar refractivity (Wildman–Crippen MR) is 66.8 cm³/mol. The summed E-state index contributed by atoms with van der Waals surface area (Å²) >= 11 is 5.88. The SMILES string of the molecule is Cc1nc(Cl)cc(NC(C)CCC2CC2)n1. The largest absolute Gasteiger partial charge is 0.367 e. The number of aryl methyl sites for hydroxylation is 1. The van der Waals surface area contributed by atoms with Gasteiger partial charge in [-0.2, -0.15) is 0 Å². The van der Waals surface area contributed by atoms with Crippen molar-refractivity contribution in [2.24, 2.45) is 5.92 Å². The zero-order valence-corrected chi connectivity index (χ0v) is 10.6. The maximum absolute atomic E-state index is 5.88. The molecule has 1 aromatic heterocycles. The van der Waals surface area contributed by atoms with E-state index < -0.39 is 0 Å². The summed E-state index contributed by atoms with van der Waals surface area (Å²) in [5.74, 6) is 2.53. The molecule has 88 valence electrons. The second kappa shape index (κ2) is 5.00. The number of nitrogens with zero attached hydrogens (tertiary/aromatic N) is 2. The Morgan fingerprint density at radius 1 is 1.50 bits per heavy atom. The summed E-state index contributed by atoms with van der Waals surface area (Å²) in [6.07, 6.45) is 5.37. The molecule has 1 aliphatic rings. The van der Waals surface area contributed by atoms with Gasteiger partial charge in [-0.1, -0.05) is 24.4 Å². The van der Waals surface area contributed by atoms with E-state index in [0.29, 0.717) is 17.0 Å². The van der Waals surface area contributed by atoms with Crippen LogP contribution >= 0.6 is 11.6 Å². The molecule has 1 aliphatic carbocycles. The molecule has 1 fully saturated rings. The van der Waals surface area contributed by atoms with Crippen molar-refractivity contribution in [3.63, 3.8) is 0 Å². The number of hydrogen-bond acceptors (Lipinski definition) is 3. The lowest BCUT2D eigenvalue weighted by Gasteiger charge is -2.14. The number of nitrogens with one attached hydrogen (secondary N) is 1. The van der Waals surface area contributed by atoms with Crippen molar-refractivity contribution < 1.29 is 0 Å². The Labute approximate surface area is 102 Å². The molecule has 0 spiro atoms. The van der Waals surface area contributed by atoms with E-state index in [2.05, 4.69) is 22.2 Å². The molecule has 0 amide bonds. The summed E-state index contributed by atoms with van der Waals surface area (Å²) in [7, 11) is 0. The van der Waals surface area contributed by atoms with Gasteiger partial charge in [-0.3, -0.25) is 0 Å². The Balaban J connectivity index is 1.86. The number of hydrogen-bond donors (Lipinski definition) is 1. The van der Waals surface area contributed by atoms with Crippen LogP contribution < -0.4 is 5.32 Å². The number of anilines is 1. The molecule has 1 aromatic rings. The summed E-state index contributed by atoms with van der Waals surface area (Å²) in [6.45, 7) is 4.04. The van der Waals surface area contributed by atoms with Crippen LogP contribution in [0.5, 0.6) is 0 Å². The maximum Gasteiger partial charge on any atom is 0.134 e. The summed E-state index contributed by atoms with van der Waals surface area (Å²) < 4.78 is 0. The Kier molecular flexibility index (Phi) is 3.64. The maximum atomic E-state index is 5.88. The number of rotatable bonds is 5. The van der Waals surface area contributed by atoms with E-state index in [9.17, 15) is 0 Å². The fraction of sp³-hybridized carbons (Fsp3) is 0.667. The van der Waals surface area contributed by atoms with Crippen molar-refractivity contribution in [3.05, 3.63) is 17.0 Å². The van der Waals surface area contributed by atoms with Gasteiger partial charge in [-0.25, -0.2) is 9.97 Å². The van der Waals surface area contributed by atoms with Gasteiger partial charge in [0.1, 0.15) is 16.8 Å². The van der Waals surface area contributed by atoms with E-state index in [1.807, 2.05) is 6.92 Å². The molecule has 1 unspecified atom stereocenters. The Morgan fingerprint density at radius 3 is 2.88 bits per heavy atom. The topological polar surface area (TPSA) is 37.8 Å². The van der Waals surface area contributed by atoms with Crippen molar-refractivity contribution in [2.45, 2.75) is 45.6 Å². The van der Waals surface area contributed by atoms with Crippen molar-refractivity contribution in [3.8, 4) is 0 Å². The highest BCUT2D eigenvalue weighted by atomic mass is 35.5. The summed E-state index contributed by atoms with van der Waals surface area (Å²) in [6, 6.07) is 2.23. The van der Waals surface area contributed by atoms with E-state index in [1.165, 1.54) is 25.7 Å². The summed E-state index contributed by atoms with van der Waals surface area (Å²) in [5, 5.41) is 3.88. The first kappa shape index (κ1) is 11.6. The van der Waals surface area contributed by atoms with Gasteiger partial charge in [0.05, 0.1) is 0 Å². The van der Waals surface area contributed by atoms with Crippen LogP contribution in [-0.2, 0) is 0 Å². The molecule has 2 rings (SSSR count). The van der Waals surface area contributed by atoms with E-state index in [4.69, 9.17) is 11.6 Å². The molecule has 1 heterocycles. The smallest absolute Gasteiger partial charge is 0.134 e. The van der Waals surface area contributed by atoms with Crippen LogP contribution in [0.2, 0.25) is 5.15 Å². The highest BCUT2D eigenvalue weighted by Crippen LogP contribution is 2.34. The second-order valence-corrected chi connectivity index (χ2v) is 5.08. The van der Waals surface area contributed by atoms with E-state index >= 15 is 0 Å². The van der Waals surface area contributed by atoms with Gasteiger partial charge in [0.2, 0.25) is 0 Å². The predicted octanol–water partition coefficient (Wildman–Crippen LogP) is 3.43. The van der Waals surface area contributed by atoms with Crippen molar-refractivity contribution in [1.29, 1.82) is 0 Å². The third-order valence-electron chi connectivity index (χ3n) is 2.91. The fourth-order valence-corrected chi connectivity index (χ4v) is 2.05. The molecule has 0 aromatic carbocycles. The molecule has 1 saturated carbocycles. The van der Waals surface area contributed by atoms with Crippen LogP contribution in [0.3, 0.4) is 0 Å². The van der Waals surface area contributed by atoms with Crippen LogP contribution in [0.25, 0.3) is 0 Å². The summed E-state index contributed by atoms with van der Waals surface area (Å²) in [5.41, 5.74) is 0. The van der Waals surface area contributed by atoms with E-state index in [0.717, 1.165) is 11.7 Å². The number of aromatic nitrogens is 2. The molecule has 1 N–H and O–H groups in total. The standard InChI is InChI=1S/C12H18ClN3/c1-8(3-4-10-5-6-10)14-12-7-11(13)15-9(2)16-12/h7-8,10H,3-6H2,1-2H3,(H,14,15,16). The van der Waals surface area contributed by atoms with Crippen LogP contribution in [0, 0.1) is 12.8 Å². The van der Waals surface area contributed by atoms with E-state index in [1.54, 1.807) is 6.07 Å². The molecule has 3 nitrogen and oxygen atoms in total. The lowest BCUT2D eigenvalue weighted by atomic mass is 10.1. The van der Waals surface area contributed by atoms with Gasteiger partial charge in [-0.15, -0.1) is 0 Å². The monoisotopic (exact) mass is 239 g/mol. The first-order valence-corrected chi connectivity index (χ1v) is 6.29. The fourth-order valence-electron chi connectivity index (χ4n) is 1.82. The lowest BCUT2D eigenvalue weighted by Crippen LogP contribution is -2.16. The molecule has 1 atom stereocenters. The Hall–Kier alpha value is -0.830. The zero-order valence-electron chi connectivity index (χ0n) is 9.83. The van der Waals surface area contributed by atoms with E-state index in [-0.39, 0.29) is 0 Å². The molecule has 16 heavy (non-hydrogen) atoms. The highest BCUT2D eigenvalue weighted by Gasteiger charge is 2.21. The average Bonchev–Trinajstić information content (AvgIpc) is 2.96. The van der Waals surface area contributed by atoms with Gasteiger partial charge in [-0.05, 0) is 32.6 Å². The van der Waals surface area contributed by atoms with Crippen LogP contribution in [-0.4, -0.2) is 16.0 Å². The number of halogens is 1. The lowest BCUT2D eigenvalue weighted by molar-refractivity contribution is 0.608. The van der Waals surface area contributed by atoms with Gasteiger partial charge >= 0.3 is 0 Å². The van der Waals surface area contributed by atoms with Gasteiger partial charge in [0.25, 0.3) is 0 Å². The van der Waals surface area contributed by atoms with Gasteiger partial charge in [0.15, 0.2) is 0 Å². The van der Waals surface area contributed by atoms with Crippen molar-refractivity contribution in [2.75, 3.05) is 5.32 Å². The third-order valence-corrected chi connectivity index (χ3v) is 3.10. The van der Waals surface area contributed by atoms with Crippen LogP contribution in [0.4, 0.5) is 5.82 Å². The molecular formula is C12H18ClN3. The van der Waals surface area contributed by atoms with Gasteiger partial charge < -0.3 is 5.32 Å². The first-order chi connectivity index (χ1) is 7.63. The van der Waals surface area contributed by atoms with Crippen LogP contribution in [0.1, 0.15) is 38.4 Å². The van der Waals surface area contributed by atoms with Crippen molar-refractivity contribution in [1.82, 2.24) is 9.97 Å². The molecule has 4 heteroatoms. The van der Waals surface area contributed by atoms with Gasteiger partial charge in [0, 0.05) is 12.1 Å². The van der Waals surface area contributed by atoms with Crippen molar-refractivity contribution >= 4 is 17.4 Å². The molecular weight excluding hydrogens is 222 g/mol. The average molecular weight is 240 g/mol. The molecule has 0 bridgehead atoms. The second-order valence-electron chi connectivity index (χ2n) is 4.69. The minimum absolute atomic E-state index is 0.450. The highest BCUT2D eigenvalue weighted by molar-refractivity contribution is 6.29.